The largest absolute Gasteiger partial charge is 0.448 e. The first-order valence-electron chi connectivity index (χ1n) is 8.36. The molecule has 1 aliphatic rings. The van der Waals surface area contributed by atoms with Crippen LogP contribution in [0.1, 0.15) is 6.42 Å². The predicted molar refractivity (Wildman–Crippen MR) is 95.7 cm³/mol. The second-order valence-electron chi connectivity index (χ2n) is 5.94. The fourth-order valence-corrected chi connectivity index (χ4v) is 2.87. The number of H-pyrrole nitrogens is 1. The highest BCUT2D eigenvalue weighted by Crippen LogP contribution is 2.22. The highest BCUT2D eigenvalue weighted by atomic mass is 16.6. The van der Waals surface area contributed by atoms with E-state index in [0.717, 1.165) is 0 Å². The topological polar surface area (TPSA) is 122 Å². The van der Waals surface area contributed by atoms with E-state index in [9.17, 15) is 14.4 Å². The first kappa shape index (κ1) is 16.8. The lowest BCUT2D eigenvalue weighted by Crippen LogP contribution is -2.28. The van der Waals surface area contributed by atoms with Gasteiger partial charge >= 0.3 is 6.09 Å². The molecule has 3 aromatic rings. The van der Waals surface area contributed by atoms with E-state index in [1.54, 1.807) is 24.3 Å². The minimum absolute atomic E-state index is 0.140. The number of carbonyl (C=O) groups excluding carboxylic acids is 2. The van der Waals surface area contributed by atoms with Gasteiger partial charge in [0.1, 0.15) is 12.0 Å². The van der Waals surface area contributed by atoms with Gasteiger partial charge in [0, 0.05) is 13.0 Å². The van der Waals surface area contributed by atoms with Crippen molar-refractivity contribution in [1.29, 1.82) is 0 Å². The molecule has 2 amide bonds. The van der Waals surface area contributed by atoms with Crippen molar-refractivity contribution in [2.24, 2.45) is 0 Å². The lowest BCUT2D eigenvalue weighted by Gasteiger charge is -2.14. The molecule has 0 aliphatic carbocycles. The Kier molecular flexibility index (Phi) is 4.29. The second-order valence-corrected chi connectivity index (χ2v) is 5.94. The Morgan fingerprint density at radius 1 is 1.30 bits per heavy atom. The number of amides is 2. The molecule has 2 N–H and O–H groups in total. The molecule has 1 aromatic carbocycles. The predicted octanol–water partition coefficient (Wildman–Crippen LogP) is 0.890. The number of anilines is 1. The molecule has 0 radical (unpaired) electrons. The Hall–Kier alpha value is -3.69. The molecule has 3 heterocycles. The average molecular weight is 368 g/mol. The van der Waals surface area contributed by atoms with Gasteiger partial charge in [-0.25, -0.2) is 14.5 Å². The SMILES string of the molecule is O=C(CCN1CCOC1=O)Nc1ccccc1-n1ncc2c(=O)[nH]cnc21. The maximum absolute atomic E-state index is 12.3. The van der Waals surface area contributed by atoms with Crippen LogP contribution in [0.5, 0.6) is 0 Å². The van der Waals surface area contributed by atoms with E-state index in [1.807, 2.05) is 0 Å². The molecule has 2 aromatic heterocycles. The molecule has 10 heteroatoms. The molecule has 27 heavy (non-hydrogen) atoms. The van der Waals surface area contributed by atoms with Crippen LogP contribution in [0.3, 0.4) is 0 Å². The number of para-hydroxylation sites is 2. The van der Waals surface area contributed by atoms with Crippen molar-refractivity contribution in [2.75, 3.05) is 25.0 Å². The summed E-state index contributed by atoms with van der Waals surface area (Å²) in [5.74, 6) is -0.246. The Bertz CT molecular complexity index is 1070. The van der Waals surface area contributed by atoms with Crippen LogP contribution in [-0.4, -0.2) is 56.3 Å². The standard InChI is InChI=1S/C17H16N6O4/c24-14(5-6-22-7-8-27-17(22)26)21-12-3-1-2-4-13(12)23-15-11(9-20-23)16(25)19-10-18-15/h1-4,9-10H,5-8H2,(H,21,24)(H,18,19,25). The van der Waals surface area contributed by atoms with E-state index < -0.39 is 6.09 Å². The van der Waals surface area contributed by atoms with Crippen LogP contribution >= 0.6 is 0 Å². The number of hydrogen-bond acceptors (Lipinski definition) is 6. The number of nitrogens with one attached hydrogen (secondary N) is 2. The van der Waals surface area contributed by atoms with Crippen LogP contribution in [-0.2, 0) is 9.53 Å². The van der Waals surface area contributed by atoms with Gasteiger partial charge in [-0.1, -0.05) is 12.1 Å². The zero-order valence-electron chi connectivity index (χ0n) is 14.2. The number of fused-ring (bicyclic) bond motifs is 1. The first-order valence-corrected chi connectivity index (χ1v) is 8.36. The van der Waals surface area contributed by atoms with Crippen LogP contribution in [0.2, 0.25) is 0 Å². The molecule has 0 unspecified atom stereocenters. The number of cyclic esters (lactones) is 1. The van der Waals surface area contributed by atoms with Crippen molar-refractivity contribution >= 4 is 28.7 Å². The van der Waals surface area contributed by atoms with Gasteiger partial charge in [-0.3, -0.25) is 9.59 Å². The number of benzene rings is 1. The number of ether oxygens (including phenoxy) is 1. The summed E-state index contributed by atoms with van der Waals surface area (Å²) in [5.41, 5.74) is 1.21. The van der Waals surface area contributed by atoms with Gasteiger partial charge in [0.05, 0.1) is 30.4 Å². The Balaban J connectivity index is 1.56. The van der Waals surface area contributed by atoms with Gasteiger partial charge in [0.2, 0.25) is 5.91 Å². The van der Waals surface area contributed by atoms with Crippen LogP contribution in [0.15, 0.2) is 41.6 Å². The molecule has 4 rings (SSSR count). The van der Waals surface area contributed by atoms with Crippen molar-refractivity contribution in [3.63, 3.8) is 0 Å². The molecule has 1 saturated heterocycles. The van der Waals surface area contributed by atoms with E-state index in [0.29, 0.717) is 35.6 Å². The van der Waals surface area contributed by atoms with Crippen LogP contribution in [0.4, 0.5) is 10.5 Å². The van der Waals surface area contributed by atoms with Gasteiger partial charge in [0.25, 0.3) is 5.56 Å². The quantitative estimate of drug-likeness (QED) is 0.690. The highest BCUT2D eigenvalue weighted by Gasteiger charge is 2.22. The second kappa shape index (κ2) is 6.90. The first-order chi connectivity index (χ1) is 13.1. The molecule has 0 atom stereocenters. The average Bonchev–Trinajstić information content (AvgIpc) is 3.27. The highest BCUT2D eigenvalue weighted by molar-refractivity contribution is 5.93. The van der Waals surface area contributed by atoms with Crippen molar-refractivity contribution in [3.05, 3.63) is 47.1 Å². The minimum atomic E-state index is -0.400. The molecule has 10 nitrogen and oxygen atoms in total. The summed E-state index contributed by atoms with van der Waals surface area (Å²) >= 11 is 0. The van der Waals surface area contributed by atoms with Crippen LogP contribution in [0.25, 0.3) is 16.7 Å². The van der Waals surface area contributed by atoms with Crippen LogP contribution in [0, 0.1) is 0 Å². The van der Waals surface area contributed by atoms with Crippen molar-refractivity contribution in [3.8, 4) is 5.69 Å². The fraction of sp³-hybridized carbons (Fsp3) is 0.235. The van der Waals surface area contributed by atoms with E-state index in [1.165, 1.54) is 22.1 Å². The van der Waals surface area contributed by atoms with Crippen molar-refractivity contribution in [1.82, 2.24) is 24.6 Å². The summed E-state index contributed by atoms with van der Waals surface area (Å²) < 4.78 is 6.34. The number of hydrogen-bond donors (Lipinski definition) is 2. The molecular formula is C17H16N6O4. The molecule has 0 saturated carbocycles. The monoisotopic (exact) mass is 368 g/mol. The molecule has 1 aliphatic heterocycles. The Morgan fingerprint density at radius 3 is 2.96 bits per heavy atom. The van der Waals surface area contributed by atoms with Gasteiger partial charge in [-0.05, 0) is 12.1 Å². The molecular weight excluding hydrogens is 352 g/mol. The molecule has 138 valence electrons. The van der Waals surface area contributed by atoms with Gasteiger partial charge in [-0.2, -0.15) is 5.10 Å². The van der Waals surface area contributed by atoms with Crippen LogP contribution < -0.4 is 10.9 Å². The smallest absolute Gasteiger partial charge is 0.409 e. The number of aromatic amines is 1. The Morgan fingerprint density at radius 2 is 2.15 bits per heavy atom. The molecule has 0 spiro atoms. The number of carbonyl (C=O) groups is 2. The minimum Gasteiger partial charge on any atom is -0.448 e. The van der Waals surface area contributed by atoms with E-state index in [2.05, 4.69) is 20.4 Å². The number of nitrogens with zero attached hydrogens (tertiary/aromatic N) is 4. The summed E-state index contributed by atoms with van der Waals surface area (Å²) in [7, 11) is 0. The fourth-order valence-electron chi connectivity index (χ4n) is 2.87. The normalized spacial score (nSPS) is 13.8. The summed E-state index contributed by atoms with van der Waals surface area (Å²) in [6, 6.07) is 7.08. The zero-order chi connectivity index (χ0) is 18.8. The Labute approximate surface area is 152 Å². The number of aromatic nitrogens is 4. The number of rotatable bonds is 5. The zero-order valence-corrected chi connectivity index (χ0v) is 14.2. The van der Waals surface area contributed by atoms with Crippen molar-refractivity contribution < 1.29 is 14.3 Å². The lowest BCUT2D eigenvalue weighted by atomic mass is 10.2. The summed E-state index contributed by atoms with van der Waals surface area (Å²) in [5, 5.41) is 7.40. The van der Waals surface area contributed by atoms with E-state index in [4.69, 9.17) is 4.74 Å². The van der Waals surface area contributed by atoms with Crippen molar-refractivity contribution in [2.45, 2.75) is 6.42 Å². The molecule has 0 bridgehead atoms. The molecule has 1 fully saturated rings. The maximum Gasteiger partial charge on any atom is 0.409 e. The van der Waals surface area contributed by atoms with E-state index in [-0.39, 0.29) is 24.4 Å². The van der Waals surface area contributed by atoms with E-state index >= 15 is 0 Å². The third kappa shape index (κ3) is 3.24. The van der Waals surface area contributed by atoms with Gasteiger partial charge in [0.15, 0.2) is 5.65 Å². The summed E-state index contributed by atoms with van der Waals surface area (Å²) in [6.45, 7) is 1.12. The summed E-state index contributed by atoms with van der Waals surface area (Å²) in [4.78, 5) is 43.8. The third-order valence-electron chi connectivity index (χ3n) is 4.23. The van der Waals surface area contributed by atoms with Gasteiger partial charge in [-0.15, -0.1) is 0 Å². The lowest BCUT2D eigenvalue weighted by molar-refractivity contribution is -0.116. The third-order valence-corrected chi connectivity index (χ3v) is 4.23. The maximum atomic E-state index is 12.3. The summed E-state index contributed by atoms with van der Waals surface area (Å²) in [6.07, 6.45) is 2.47. The van der Waals surface area contributed by atoms with Gasteiger partial charge < -0.3 is 19.9 Å².